The van der Waals surface area contributed by atoms with Gasteiger partial charge in [0.1, 0.15) is 12.2 Å². The maximum absolute atomic E-state index is 13.4. The molecule has 35 heavy (non-hydrogen) atoms. The lowest BCUT2D eigenvalue weighted by Gasteiger charge is -2.54. The summed E-state index contributed by atoms with van der Waals surface area (Å²) < 4.78 is 0. The van der Waals surface area contributed by atoms with E-state index in [-0.39, 0.29) is 30.9 Å². The molecule has 0 radical (unpaired) electrons. The van der Waals surface area contributed by atoms with Crippen LogP contribution in [0.4, 0.5) is 4.79 Å². The number of carbonyl (C=O) groups excluding carboxylic acids is 3. The first-order chi connectivity index (χ1) is 16.9. The molecule has 184 valence electrons. The molecule has 1 N–H and O–H groups in total. The van der Waals surface area contributed by atoms with Gasteiger partial charge < -0.3 is 15.1 Å². The van der Waals surface area contributed by atoms with Crippen LogP contribution in [0, 0.1) is 0 Å². The maximum Gasteiger partial charge on any atom is 0.334 e. The minimum atomic E-state index is -0.661. The largest absolute Gasteiger partial charge is 0.334 e. The summed E-state index contributed by atoms with van der Waals surface area (Å²) in [6.07, 6.45) is 2.02. The van der Waals surface area contributed by atoms with Crippen molar-refractivity contribution in [3.8, 4) is 0 Å². The molecule has 2 atom stereocenters. The zero-order valence-electron chi connectivity index (χ0n) is 20.4. The van der Waals surface area contributed by atoms with Crippen molar-refractivity contribution in [2.75, 3.05) is 19.6 Å². The van der Waals surface area contributed by atoms with Crippen LogP contribution < -0.4 is 5.32 Å². The second-order valence-electron chi connectivity index (χ2n) is 8.97. The molecular weight excluding hydrogens is 442 g/mol. The van der Waals surface area contributed by atoms with Crippen LogP contribution in [0.15, 0.2) is 67.3 Å². The highest BCUT2D eigenvalue weighted by atomic mass is 16.2. The number of hydrazine groups is 1. The smallest absolute Gasteiger partial charge is 0.333 e. The summed E-state index contributed by atoms with van der Waals surface area (Å²) in [5.41, 5.74) is 3.23. The molecule has 2 aliphatic heterocycles. The van der Waals surface area contributed by atoms with Crippen molar-refractivity contribution in [1.29, 1.82) is 0 Å². The Kier molecular flexibility index (Phi) is 7.51. The number of hydrogen-bond acceptors (Lipinski definition) is 4. The topological polar surface area (TPSA) is 76.2 Å². The molecule has 2 saturated heterocycles. The number of aryl methyl sites for hydroxylation is 1. The van der Waals surface area contributed by atoms with Crippen LogP contribution in [0.3, 0.4) is 0 Å². The number of nitrogens with zero attached hydrogens (tertiary/aromatic N) is 4. The van der Waals surface area contributed by atoms with Crippen LogP contribution in [0.1, 0.15) is 30.5 Å². The second-order valence-corrected chi connectivity index (χ2v) is 8.97. The first-order valence-electron chi connectivity index (χ1n) is 12.1. The van der Waals surface area contributed by atoms with Gasteiger partial charge in [0.15, 0.2) is 0 Å². The average Bonchev–Trinajstić information content (AvgIpc) is 2.87. The summed E-state index contributed by atoms with van der Waals surface area (Å²) in [6, 6.07) is 16.9. The standard InChI is InChI=1S/C27H33N5O3/c1-4-15-30-19-25(33)31-20(3)26(34)29(17-23-13-11-21(5-2)12-14-23)18-24(31)32(30)27(35)28-16-22-9-7-6-8-10-22/h4,6-14,20,24H,1,5,15-19H2,2-3H3,(H,28,35)/t20-,24?/m0/s1. The number of fused-ring (bicyclic) bond motifs is 1. The molecule has 0 bridgehead atoms. The predicted octanol–water partition coefficient (Wildman–Crippen LogP) is 2.76. The number of amides is 4. The van der Waals surface area contributed by atoms with Gasteiger partial charge in [-0.15, -0.1) is 6.58 Å². The van der Waals surface area contributed by atoms with E-state index in [2.05, 4.69) is 31.0 Å². The molecule has 4 amide bonds. The number of hydrogen-bond donors (Lipinski definition) is 1. The van der Waals surface area contributed by atoms with E-state index in [4.69, 9.17) is 0 Å². The predicted molar refractivity (Wildman–Crippen MR) is 134 cm³/mol. The van der Waals surface area contributed by atoms with Gasteiger partial charge in [-0.25, -0.2) is 14.8 Å². The third-order valence-electron chi connectivity index (χ3n) is 6.62. The molecule has 2 aliphatic rings. The van der Waals surface area contributed by atoms with Crippen LogP contribution in [-0.2, 0) is 29.1 Å². The van der Waals surface area contributed by atoms with E-state index < -0.39 is 12.2 Å². The van der Waals surface area contributed by atoms with E-state index in [0.717, 1.165) is 17.5 Å². The maximum atomic E-state index is 13.4. The minimum Gasteiger partial charge on any atom is -0.333 e. The molecule has 8 heteroatoms. The molecule has 0 spiro atoms. The van der Waals surface area contributed by atoms with E-state index in [1.54, 1.807) is 32.8 Å². The number of nitrogens with one attached hydrogen (secondary N) is 1. The number of rotatable bonds is 7. The number of benzene rings is 2. The summed E-state index contributed by atoms with van der Waals surface area (Å²) in [5, 5.41) is 6.27. The fourth-order valence-electron chi connectivity index (χ4n) is 4.76. The molecule has 0 aliphatic carbocycles. The van der Waals surface area contributed by atoms with Gasteiger partial charge in [0.25, 0.3) is 0 Å². The van der Waals surface area contributed by atoms with Gasteiger partial charge in [-0.3, -0.25) is 9.59 Å². The lowest BCUT2D eigenvalue weighted by molar-refractivity contribution is -0.188. The molecule has 0 saturated carbocycles. The first kappa shape index (κ1) is 24.5. The monoisotopic (exact) mass is 475 g/mol. The van der Waals surface area contributed by atoms with E-state index in [1.165, 1.54) is 5.56 Å². The highest BCUT2D eigenvalue weighted by molar-refractivity contribution is 5.91. The Bertz CT molecular complexity index is 1070. The highest BCUT2D eigenvalue weighted by Crippen LogP contribution is 2.27. The van der Waals surface area contributed by atoms with Gasteiger partial charge >= 0.3 is 6.03 Å². The van der Waals surface area contributed by atoms with Gasteiger partial charge in [0, 0.05) is 19.6 Å². The van der Waals surface area contributed by atoms with Gasteiger partial charge in [-0.05, 0) is 30.0 Å². The third-order valence-corrected chi connectivity index (χ3v) is 6.62. The normalized spacial score (nSPS) is 20.6. The van der Waals surface area contributed by atoms with Crippen molar-refractivity contribution in [1.82, 2.24) is 25.1 Å². The van der Waals surface area contributed by atoms with Crippen LogP contribution in [-0.4, -0.2) is 69.5 Å². The van der Waals surface area contributed by atoms with Gasteiger partial charge in [0.2, 0.25) is 11.8 Å². The molecule has 2 aromatic rings. The zero-order chi connectivity index (χ0) is 24.9. The van der Waals surface area contributed by atoms with Crippen molar-refractivity contribution in [2.24, 2.45) is 0 Å². The van der Waals surface area contributed by atoms with Gasteiger partial charge in [0.05, 0.1) is 13.1 Å². The first-order valence-corrected chi connectivity index (χ1v) is 12.1. The number of urea groups is 1. The van der Waals surface area contributed by atoms with Crippen LogP contribution >= 0.6 is 0 Å². The van der Waals surface area contributed by atoms with Crippen molar-refractivity contribution < 1.29 is 14.4 Å². The van der Waals surface area contributed by atoms with Crippen LogP contribution in [0.25, 0.3) is 0 Å². The number of carbonyl (C=O) groups is 3. The lowest BCUT2D eigenvalue weighted by Crippen LogP contribution is -2.75. The van der Waals surface area contributed by atoms with E-state index in [9.17, 15) is 14.4 Å². The lowest BCUT2D eigenvalue weighted by atomic mass is 10.1. The SMILES string of the molecule is C=CCN1CC(=O)N2C(CN(Cc3ccc(CC)cc3)C(=O)[C@@H]2C)N1C(=O)NCc1ccccc1. The molecular formula is C27H33N5O3. The zero-order valence-corrected chi connectivity index (χ0v) is 20.4. The Morgan fingerprint density at radius 2 is 1.74 bits per heavy atom. The van der Waals surface area contributed by atoms with Crippen LogP contribution in [0.5, 0.6) is 0 Å². The highest BCUT2D eigenvalue weighted by Gasteiger charge is 2.49. The van der Waals surface area contributed by atoms with Crippen molar-refractivity contribution in [2.45, 2.75) is 45.6 Å². The fourth-order valence-corrected chi connectivity index (χ4v) is 4.76. The summed E-state index contributed by atoms with van der Waals surface area (Å²) in [7, 11) is 0. The Hall–Kier alpha value is -3.65. The summed E-state index contributed by atoms with van der Waals surface area (Å²) >= 11 is 0. The molecule has 8 nitrogen and oxygen atoms in total. The van der Waals surface area contributed by atoms with E-state index in [0.29, 0.717) is 19.6 Å². The molecule has 2 fully saturated rings. The fraction of sp³-hybridized carbons (Fsp3) is 0.370. The molecule has 1 unspecified atom stereocenters. The Morgan fingerprint density at radius 1 is 1.06 bits per heavy atom. The average molecular weight is 476 g/mol. The minimum absolute atomic E-state index is 0.0113. The van der Waals surface area contributed by atoms with E-state index >= 15 is 0 Å². The molecule has 4 rings (SSSR count). The van der Waals surface area contributed by atoms with Crippen LogP contribution in [0.2, 0.25) is 0 Å². The van der Waals surface area contributed by atoms with Gasteiger partial charge in [-0.1, -0.05) is 67.6 Å². The molecule has 2 heterocycles. The van der Waals surface area contributed by atoms with Crippen molar-refractivity contribution in [3.63, 3.8) is 0 Å². The van der Waals surface area contributed by atoms with E-state index in [1.807, 2.05) is 42.5 Å². The quantitative estimate of drug-likeness (QED) is 0.625. The Labute approximate surface area is 206 Å². The molecule has 0 aromatic heterocycles. The molecule has 2 aromatic carbocycles. The third kappa shape index (κ3) is 5.22. The summed E-state index contributed by atoms with van der Waals surface area (Å²) in [6.45, 7) is 9.01. The Morgan fingerprint density at radius 3 is 2.40 bits per heavy atom. The Balaban J connectivity index is 1.58. The van der Waals surface area contributed by atoms with Crippen molar-refractivity contribution >= 4 is 17.8 Å². The van der Waals surface area contributed by atoms with Crippen molar-refractivity contribution in [3.05, 3.63) is 83.9 Å². The second kappa shape index (κ2) is 10.7. The summed E-state index contributed by atoms with van der Waals surface area (Å²) in [4.78, 5) is 43.0. The van der Waals surface area contributed by atoms with Gasteiger partial charge in [-0.2, -0.15) is 0 Å². The number of piperazine rings is 1. The summed E-state index contributed by atoms with van der Waals surface area (Å²) in [5.74, 6) is -0.284.